The van der Waals surface area contributed by atoms with Gasteiger partial charge in [-0.15, -0.1) is 11.3 Å². The van der Waals surface area contributed by atoms with E-state index in [-0.39, 0.29) is 6.03 Å². The molecule has 2 rings (SSSR count). The van der Waals surface area contributed by atoms with Crippen LogP contribution in [0.5, 0.6) is 0 Å². The summed E-state index contributed by atoms with van der Waals surface area (Å²) < 4.78 is 0. The van der Waals surface area contributed by atoms with Crippen LogP contribution in [0.3, 0.4) is 0 Å². The second-order valence-corrected chi connectivity index (χ2v) is 4.34. The Balaban J connectivity index is 2.01. The van der Waals surface area contributed by atoms with Crippen molar-refractivity contribution in [2.24, 2.45) is 0 Å². The number of thiazole rings is 1. The number of carbonyl (C=O) groups excluding carboxylic acids is 1. The summed E-state index contributed by atoms with van der Waals surface area (Å²) in [7, 11) is 0. The minimum atomic E-state index is 0.0212. The number of hydrogen-bond donors (Lipinski definition) is 1. The van der Waals surface area contributed by atoms with Gasteiger partial charge in [0.15, 0.2) is 0 Å². The van der Waals surface area contributed by atoms with Gasteiger partial charge in [0.05, 0.1) is 6.54 Å². The summed E-state index contributed by atoms with van der Waals surface area (Å²) in [5.41, 5.74) is 0. The number of urea groups is 1. The Morgan fingerprint density at radius 1 is 1.77 bits per heavy atom. The van der Waals surface area contributed by atoms with Crippen molar-refractivity contribution in [1.82, 2.24) is 15.2 Å². The molecule has 1 aliphatic heterocycles. The molecule has 0 aliphatic carbocycles. The van der Waals surface area contributed by atoms with Crippen molar-refractivity contribution in [3.63, 3.8) is 0 Å². The summed E-state index contributed by atoms with van der Waals surface area (Å²) in [6.45, 7) is 4.20. The fourth-order valence-corrected chi connectivity index (χ4v) is 2.10. The Bertz CT molecular complexity index is 323. The fourth-order valence-electron chi connectivity index (χ4n) is 1.30. The predicted octanol–water partition coefficient (Wildman–Crippen LogP) is 0.977. The van der Waals surface area contributed by atoms with Gasteiger partial charge in [-0.3, -0.25) is 0 Å². The number of nitrogens with one attached hydrogen (secondary N) is 1. The highest BCUT2D eigenvalue weighted by atomic mass is 32.1. The molecule has 4 nitrogen and oxygen atoms in total. The summed E-state index contributed by atoms with van der Waals surface area (Å²) >= 11 is 1.64. The van der Waals surface area contributed by atoms with Crippen LogP contribution < -0.4 is 5.32 Å². The van der Waals surface area contributed by atoms with Crippen molar-refractivity contribution in [3.8, 4) is 0 Å². The first-order chi connectivity index (χ1) is 6.25. The van der Waals surface area contributed by atoms with Crippen LogP contribution in [0.1, 0.15) is 9.88 Å². The summed E-state index contributed by atoms with van der Waals surface area (Å²) in [6.07, 6.45) is 1.84. The van der Waals surface area contributed by atoms with E-state index in [1.807, 2.05) is 13.1 Å². The molecular formula is C8H11N3OS. The van der Waals surface area contributed by atoms with Gasteiger partial charge >= 0.3 is 6.03 Å². The zero-order valence-corrected chi connectivity index (χ0v) is 8.23. The first-order valence-electron chi connectivity index (χ1n) is 4.20. The smallest absolute Gasteiger partial charge is 0.317 e. The molecule has 0 saturated carbocycles. The van der Waals surface area contributed by atoms with Gasteiger partial charge < -0.3 is 10.2 Å². The molecule has 2 amide bonds. The fraction of sp³-hybridized carbons (Fsp3) is 0.500. The zero-order valence-electron chi connectivity index (χ0n) is 7.41. The second-order valence-electron chi connectivity index (χ2n) is 3.02. The standard InChI is InChI=1S/C8H11N3OS/c1-6-4-10-7(13-6)5-11-3-2-9-8(11)12/h4H,2-3,5H2,1H3,(H,9,12). The van der Waals surface area contributed by atoms with Crippen molar-refractivity contribution in [2.75, 3.05) is 13.1 Å². The molecule has 0 bridgehead atoms. The normalized spacial score (nSPS) is 16.4. The van der Waals surface area contributed by atoms with Gasteiger partial charge in [0.1, 0.15) is 5.01 Å². The SMILES string of the molecule is Cc1cnc(CN2CCNC2=O)s1. The second kappa shape index (κ2) is 3.33. The molecule has 0 spiro atoms. The van der Waals surface area contributed by atoms with Crippen molar-refractivity contribution in [3.05, 3.63) is 16.1 Å². The van der Waals surface area contributed by atoms with Crippen LogP contribution in [-0.4, -0.2) is 29.0 Å². The lowest BCUT2D eigenvalue weighted by atomic mass is 10.5. The van der Waals surface area contributed by atoms with Gasteiger partial charge in [-0.25, -0.2) is 9.78 Å². The molecule has 13 heavy (non-hydrogen) atoms. The number of nitrogens with zero attached hydrogens (tertiary/aromatic N) is 2. The Kier molecular flexibility index (Phi) is 2.18. The van der Waals surface area contributed by atoms with E-state index < -0.39 is 0 Å². The van der Waals surface area contributed by atoms with Crippen LogP contribution in [-0.2, 0) is 6.54 Å². The Hall–Kier alpha value is -1.10. The number of aryl methyl sites for hydroxylation is 1. The van der Waals surface area contributed by atoms with Crippen molar-refractivity contribution >= 4 is 17.4 Å². The molecule has 0 unspecified atom stereocenters. The van der Waals surface area contributed by atoms with Gasteiger partial charge in [-0.1, -0.05) is 0 Å². The lowest BCUT2D eigenvalue weighted by molar-refractivity contribution is 0.215. The van der Waals surface area contributed by atoms with Crippen molar-refractivity contribution < 1.29 is 4.79 Å². The minimum Gasteiger partial charge on any atom is -0.336 e. The van der Waals surface area contributed by atoms with E-state index in [0.717, 1.165) is 18.1 Å². The van der Waals surface area contributed by atoms with Crippen LogP contribution in [0.2, 0.25) is 0 Å². The van der Waals surface area contributed by atoms with E-state index in [4.69, 9.17) is 0 Å². The van der Waals surface area contributed by atoms with Gasteiger partial charge in [-0.2, -0.15) is 0 Å². The Morgan fingerprint density at radius 3 is 3.15 bits per heavy atom. The molecule has 2 heterocycles. The zero-order chi connectivity index (χ0) is 9.26. The number of carbonyl (C=O) groups is 1. The quantitative estimate of drug-likeness (QED) is 0.768. The van der Waals surface area contributed by atoms with Crippen LogP contribution in [0, 0.1) is 6.92 Å². The molecule has 1 saturated heterocycles. The topological polar surface area (TPSA) is 45.2 Å². The van der Waals surface area contributed by atoms with Crippen LogP contribution in [0.15, 0.2) is 6.20 Å². The molecule has 70 valence electrons. The highest BCUT2D eigenvalue weighted by Crippen LogP contribution is 2.14. The van der Waals surface area contributed by atoms with Gasteiger partial charge in [0.25, 0.3) is 0 Å². The summed E-state index contributed by atoms with van der Waals surface area (Å²) in [5.74, 6) is 0. The minimum absolute atomic E-state index is 0.0212. The molecular weight excluding hydrogens is 186 g/mol. The summed E-state index contributed by atoms with van der Waals surface area (Å²) in [5, 5.41) is 3.77. The monoisotopic (exact) mass is 197 g/mol. The highest BCUT2D eigenvalue weighted by Gasteiger charge is 2.20. The van der Waals surface area contributed by atoms with Crippen molar-refractivity contribution in [1.29, 1.82) is 0 Å². The number of rotatable bonds is 2. The van der Waals surface area contributed by atoms with E-state index in [1.54, 1.807) is 16.2 Å². The molecule has 0 atom stereocenters. The third-order valence-corrected chi connectivity index (χ3v) is 2.84. The molecule has 1 aromatic heterocycles. The van der Waals surface area contributed by atoms with E-state index in [0.29, 0.717) is 6.54 Å². The first kappa shape index (κ1) is 8.50. The number of aromatic nitrogens is 1. The largest absolute Gasteiger partial charge is 0.336 e. The highest BCUT2D eigenvalue weighted by molar-refractivity contribution is 7.11. The first-order valence-corrected chi connectivity index (χ1v) is 5.01. The van der Waals surface area contributed by atoms with Crippen LogP contribution in [0.25, 0.3) is 0 Å². The molecule has 0 aromatic carbocycles. The van der Waals surface area contributed by atoms with E-state index in [1.165, 1.54) is 4.88 Å². The van der Waals surface area contributed by atoms with Crippen molar-refractivity contribution in [2.45, 2.75) is 13.5 Å². The average molecular weight is 197 g/mol. The molecule has 0 radical (unpaired) electrons. The average Bonchev–Trinajstić information content (AvgIpc) is 2.64. The summed E-state index contributed by atoms with van der Waals surface area (Å²) in [6, 6.07) is 0.0212. The van der Waals surface area contributed by atoms with E-state index in [9.17, 15) is 4.79 Å². The Morgan fingerprint density at radius 2 is 2.62 bits per heavy atom. The molecule has 1 aromatic rings. The maximum Gasteiger partial charge on any atom is 0.317 e. The van der Waals surface area contributed by atoms with Gasteiger partial charge in [0.2, 0.25) is 0 Å². The number of hydrogen-bond acceptors (Lipinski definition) is 3. The van der Waals surface area contributed by atoms with E-state index in [2.05, 4.69) is 10.3 Å². The van der Waals surface area contributed by atoms with Gasteiger partial charge in [-0.05, 0) is 6.92 Å². The summed E-state index contributed by atoms with van der Waals surface area (Å²) in [4.78, 5) is 18.4. The third kappa shape index (κ3) is 1.80. The third-order valence-electron chi connectivity index (χ3n) is 1.94. The molecule has 1 fully saturated rings. The predicted molar refractivity (Wildman–Crippen MR) is 50.7 cm³/mol. The maximum absolute atomic E-state index is 11.2. The van der Waals surface area contributed by atoms with Crippen LogP contribution >= 0.6 is 11.3 Å². The van der Waals surface area contributed by atoms with E-state index >= 15 is 0 Å². The van der Waals surface area contributed by atoms with Gasteiger partial charge in [0, 0.05) is 24.2 Å². The number of amides is 2. The molecule has 5 heteroatoms. The molecule has 1 aliphatic rings. The Labute approximate surface area is 80.6 Å². The lowest BCUT2D eigenvalue weighted by Crippen LogP contribution is -2.27. The van der Waals surface area contributed by atoms with Crippen LogP contribution in [0.4, 0.5) is 4.79 Å². The molecule has 1 N–H and O–H groups in total. The lowest BCUT2D eigenvalue weighted by Gasteiger charge is -2.10. The maximum atomic E-state index is 11.2.